The Morgan fingerprint density at radius 1 is 0.778 bits per heavy atom. The lowest BCUT2D eigenvalue weighted by Crippen LogP contribution is -2.21. The van der Waals surface area contributed by atoms with E-state index in [9.17, 15) is 4.79 Å². The predicted molar refractivity (Wildman–Crippen MR) is 177 cm³/mol. The highest BCUT2D eigenvalue weighted by atomic mass is 16.6. The van der Waals surface area contributed by atoms with Crippen LogP contribution in [0.2, 0.25) is 0 Å². The summed E-state index contributed by atoms with van der Waals surface area (Å²) in [4.78, 5) is 16.6. The molecule has 0 bridgehead atoms. The van der Waals surface area contributed by atoms with Gasteiger partial charge in [-0.3, -0.25) is 0 Å². The molecule has 1 unspecified atom stereocenters. The van der Waals surface area contributed by atoms with Crippen LogP contribution in [0, 0.1) is 0 Å². The fourth-order valence-corrected chi connectivity index (χ4v) is 5.00. The highest BCUT2D eigenvalue weighted by Gasteiger charge is 2.19. The van der Waals surface area contributed by atoms with Crippen LogP contribution in [-0.4, -0.2) is 44.0 Å². The Labute approximate surface area is 267 Å². The Kier molecular flexibility index (Phi) is 13.3. The average molecular weight is 612 g/mol. The minimum absolute atomic E-state index is 0.0206. The number of pyridine rings is 1. The molecule has 7 heteroatoms. The van der Waals surface area contributed by atoms with E-state index in [4.69, 9.17) is 28.7 Å². The Balaban J connectivity index is 1.70. The number of ether oxygens (including phenoxy) is 5. The number of esters is 1. The van der Waals surface area contributed by atoms with Crippen LogP contribution in [0.3, 0.4) is 0 Å². The molecule has 0 fully saturated rings. The highest BCUT2D eigenvalue weighted by molar-refractivity contribution is 5.74. The number of aryl methyl sites for hydroxylation is 3. The molecule has 45 heavy (non-hydrogen) atoms. The van der Waals surface area contributed by atoms with Crippen molar-refractivity contribution in [1.82, 2.24) is 4.98 Å². The zero-order chi connectivity index (χ0) is 31.9. The maximum atomic E-state index is 11.6. The molecule has 0 saturated heterocycles. The zero-order valence-electron chi connectivity index (χ0n) is 26.9. The molecule has 0 radical (unpaired) electrons. The van der Waals surface area contributed by atoms with Crippen LogP contribution >= 0.6 is 0 Å². The molecule has 0 aliphatic rings. The number of benzene rings is 3. The molecule has 0 aliphatic carbocycles. The van der Waals surface area contributed by atoms with Crippen molar-refractivity contribution in [3.05, 3.63) is 107 Å². The van der Waals surface area contributed by atoms with Crippen LogP contribution in [0.4, 0.5) is 0 Å². The van der Waals surface area contributed by atoms with Crippen molar-refractivity contribution in [1.29, 1.82) is 0 Å². The standard InChI is InChI=1S/C38H45NO6/c1-5-11-28-14-16-29(17-15-28)18-23-34-38(31-19-21-33(22-20-31)43-27-37(40)41-4)35(44-25-30-12-9-8-10-13-30)24-36(39-34)45-26-32(6-2)42-7-3/h8-10,12-17,19-22,24,32H,5-7,11,18,23,25-27H2,1-4H3. The van der Waals surface area contributed by atoms with Gasteiger partial charge in [-0.1, -0.05) is 87.0 Å². The number of hydrogen-bond donors (Lipinski definition) is 0. The fourth-order valence-electron chi connectivity index (χ4n) is 5.00. The summed E-state index contributed by atoms with van der Waals surface area (Å²) in [5, 5.41) is 0. The molecule has 1 heterocycles. The van der Waals surface area contributed by atoms with Gasteiger partial charge in [0.05, 0.1) is 18.9 Å². The summed E-state index contributed by atoms with van der Waals surface area (Å²) in [6.45, 7) is 7.54. The molecule has 7 nitrogen and oxygen atoms in total. The van der Waals surface area contributed by atoms with Gasteiger partial charge in [-0.2, -0.15) is 0 Å². The molecule has 0 amide bonds. The number of methoxy groups -OCH3 is 1. The van der Waals surface area contributed by atoms with Crippen molar-refractivity contribution >= 4 is 5.97 Å². The van der Waals surface area contributed by atoms with Crippen molar-refractivity contribution in [3.63, 3.8) is 0 Å². The van der Waals surface area contributed by atoms with E-state index in [0.29, 0.717) is 43.6 Å². The second-order valence-electron chi connectivity index (χ2n) is 10.8. The number of nitrogens with zero attached hydrogens (tertiary/aromatic N) is 1. The predicted octanol–water partition coefficient (Wildman–Crippen LogP) is 7.81. The summed E-state index contributed by atoms with van der Waals surface area (Å²) in [6.07, 6.45) is 4.52. The quantitative estimate of drug-likeness (QED) is 0.106. The topological polar surface area (TPSA) is 76.1 Å². The van der Waals surface area contributed by atoms with E-state index in [1.54, 1.807) is 0 Å². The number of carbonyl (C=O) groups is 1. The van der Waals surface area contributed by atoms with E-state index >= 15 is 0 Å². The first-order chi connectivity index (χ1) is 22.0. The molecule has 0 aliphatic heterocycles. The minimum atomic E-state index is -0.435. The van der Waals surface area contributed by atoms with Gasteiger partial charge in [-0.25, -0.2) is 9.78 Å². The summed E-state index contributed by atoms with van der Waals surface area (Å²) in [5.74, 6) is 1.32. The molecule has 238 valence electrons. The van der Waals surface area contributed by atoms with Crippen molar-refractivity contribution in [2.45, 2.75) is 65.6 Å². The molecule has 0 spiro atoms. The monoisotopic (exact) mass is 611 g/mol. The molecule has 1 atom stereocenters. The van der Waals surface area contributed by atoms with Gasteiger partial charge in [0.1, 0.15) is 24.7 Å². The fraction of sp³-hybridized carbons (Fsp3) is 0.368. The average Bonchev–Trinajstić information content (AvgIpc) is 3.08. The number of rotatable bonds is 18. The van der Waals surface area contributed by atoms with Gasteiger partial charge in [0.25, 0.3) is 0 Å². The maximum Gasteiger partial charge on any atom is 0.343 e. The molecular formula is C38H45NO6. The van der Waals surface area contributed by atoms with Crippen molar-refractivity contribution in [3.8, 4) is 28.5 Å². The summed E-state index contributed by atoms with van der Waals surface area (Å²) in [7, 11) is 1.34. The summed E-state index contributed by atoms with van der Waals surface area (Å²) < 4.78 is 28.9. The van der Waals surface area contributed by atoms with E-state index in [1.807, 2.05) is 67.6 Å². The van der Waals surface area contributed by atoms with E-state index in [-0.39, 0.29) is 12.7 Å². The summed E-state index contributed by atoms with van der Waals surface area (Å²) in [6, 6.07) is 28.4. The lowest BCUT2D eigenvalue weighted by atomic mass is 9.97. The number of hydrogen-bond acceptors (Lipinski definition) is 7. The smallest absolute Gasteiger partial charge is 0.343 e. The van der Waals surface area contributed by atoms with Crippen molar-refractivity contribution in [2.75, 3.05) is 26.9 Å². The van der Waals surface area contributed by atoms with Gasteiger partial charge in [0.15, 0.2) is 6.61 Å². The minimum Gasteiger partial charge on any atom is -0.488 e. The van der Waals surface area contributed by atoms with E-state index in [1.165, 1.54) is 18.2 Å². The van der Waals surface area contributed by atoms with Crippen LogP contribution in [0.15, 0.2) is 84.9 Å². The Bertz CT molecular complexity index is 1450. The summed E-state index contributed by atoms with van der Waals surface area (Å²) in [5.41, 5.74) is 6.36. The highest BCUT2D eigenvalue weighted by Crippen LogP contribution is 2.37. The third-order valence-electron chi connectivity index (χ3n) is 7.49. The lowest BCUT2D eigenvalue weighted by Gasteiger charge is -2.20. The zero-order valence-corrected chi connectivity index (χ0v) is 26.9. The SMILES string of the molecule is CCCc1ccc(CCc2nc(OCC(CC)OCC)cc(OCc3ccccc3)c2-c2ccc(OCC(=O)OC)cc2)cc1. The van der Waals surface area contributed by atoms with Crippen LogP contribution in [0.5, 0.6) is 17.4 Å². The second-order valence-corrected chi connectivity index (χ2v) is 10.8. The molecule has 1 aromatic heterocycles. The molecule has 0 N–H and O–H groups in total. The second kappa shape index (κ2) is 17.8. The van der Waals surface area contributed by atoms with Crippen LogP contribution < -0.4 is 14.2 Å². The van der Waals surface area contributed by atoms with Gasteiger partial charge in [0.2, 0.25) is 5.88 Å². The van der Waals surface area contributed by atoms with Crippen LogP contribution in [0.25, 0.3) is 11.1 Å². The van der Waals surface area contributed by atoms with Gasteiger partial charge in [-0.05, 0) is 67.0 Å². The van der Waals surface area contributed by atoms with Gasteiger partial charge in [-0.15, -0.1) is 0 Å². The third-order valence-corrected chi connectivity index (χ3v) is 7.49. The van der Waals surface area contributed by atoms with E-state index < -0.39 is 5.97 Å². The van der Waals surface area contributed by atoms with Crippen LogP contribution in [0.1, 0.15) is 56.0 Å². The number of carbonyl (C=O) groups excluding carboxylic acids is 1. The van der Waals surface area contributed by atoms with Gasteiger partial charge in [0, 0.05) is 18.2 Å². The Hall–Kier alpha value is -4.36. The van der Waals surface area contributed by atoms with E-state index in [2.05, 4.69) is 38.1 Å². The first-order valence-electron chi connectivity index (χ1n) is 15.9. The maximum absolute atomic E-state index is 11.6. The van der Waals surface area contributed by atoms with Gasteiger partial charge >= 0.3 is 5.97 Å². The number of aromatic nitrogens is 1. The molecule has 0 saturated carbocycles. The first-order valence-corrected chi connectivity index (χ1v) is 15.9. The normalized spacial score (nSPS) is 11.6. The molecule has 4 rings (SSSR count). The third kappa shape index (κ3) is 10.4. The molecule has 3 aromatic carbocycles. The molecular weight excluding hydrogens is 566 g/mol. The Morgan fingerprint density at radius 2 is 1.49 bits per heavy atom. The van der Waals surface area contributed by atoms with Crippen molar-refractivity contribution < 1.29 is 28.5 Å². The lowest BCUT2D eigenvalue weighted by molar-refractivity contribution is -0.142. The summed E-state index contributed by atoms with van der Waals surface area (Å²) >= 11 is 0. The molecule has 4 aromatic rings. The largest absolute Gasteiger partial charge is 0.488 e. The Morgan fingerprint density at radius 3 is 2.13 bits per heavy atom. The van der Waals surface area contributed by atoms with Crippen LogP contribution in [-0.2, 0) is 40.1 Å². The van der Waals surface area contributed by atoms with E-state index in [0.717, 1.165) is 48.1 Å². The first kappa shape index (κ1) is 33.5. The van der Waals surface area contributed by atoms with Crippen molar-refractivity contribution in [2.24, 2.45) is 0 Å². The van der Waals surface area contributed by atoms with Gasteiger partial charge < -0.3 is 23.7 Å².